The molecule has 2 rings (SSSR count). The van der Waals surface area contributed by atoms with Gasteiger partial charge in [-0.3, -0.25) is 19.8 Å². The highest BCUT2D eigenvalue weighted by Crippen LogP contribution is 2.09. The van der Waals surface area contributed by atoms with Crippen molar-refractivity contribution in [2.45, 2.75) is 6.54 Å². The van der Waals surface area contributed by atoms with Crippen molar-refractivity contribution in [2.24, 2.45) is 5.73 Å². The Morgan fingerprint density at radius 2 is 1.86 bits per heavy atom. The molecule has 14 heavy (non-hydrogen) atoms. The lowest BCUT2D eigenvalue weighted by atomic mass is 10.1. The number of hydrogen-bond donors (Lipinski definition) is 3. The molecule has 0 aliphatic heterocycles. The van der Waals surface area contributed by atoms with E-state index < -0.39 is 0 Å². The van der Waals surface area contributed by atoms with E-state index >= 15 is 0 Å². The molecule has 0 aliphatic rings. The quantitative estimate of drug-likeness (QED) is 0.576. The van der Waals surface area contributed by atoms with Crippen LogP contribution in [0.2, 0.25) is 0 Å². The average molecular weight is 191 g/mol. The zero-order valence-corrected chi connectivity index (χ0v) is 7.33. The number of hydrogen-bond acceptors (Lipinski definition) is 3. The van der Waals surface area contributed by atoms with Gasteiger partial charge in [-0.1, -0.05) is 12.1 Å². The van der Waals surface area contributed by atoms with Gasteiger partial charge in [0.1, 0.15) is 0 Å². The minimum atomic E-state index is -0.319. The van der Waals surface area contributed by atoms with Crippen LogP contribution in [0.5, 0.6) is 0 Å². The number of aromatic amines is 2. The largest absolute Gasteiger partial charge is 0.326 e. The van der Waals surface area contributed by atoms with E-state index in [4.69, 9.17) is 5.73 Å². The summed E-state index contributed by atoms with van der Waals surface area (Å²) >= 11 is 0. The smallest absolute Gasteiger partial charge is 0.270 e. The van der Waals surface area contributed by atoms with E-state index in [-0.39, 0.29) is 17.7 Å². The maximum absolute atomic E-state index is 11.4. The van der Waals surface area contributed by atoms with Crippen LogP contribution in [0.3, 0.4) is 0 Å². The van der Waals surface area contributed by atoms with Crippen LogP contribution in [-0.2, 0) is 6.54 Å². The van der Waals surface area contributed by atoms with Crippen molar-refractivity contribution >= 4 is 10.8 Å². The molecule has 0 fully saturated rings. The summed E-state index contributed by atoms with van der Waals surface area (Å²) in [7, 11) is 0. The molecule has 1 heterocycles. The second kappa shape index (κ2) is 3.12. The summed E-state index contributed by atoms with van der Waals surface area (Å²) in [6.07, 6.45) is 0. The van der Waals surface area contributed by atoms with Gasteiger partial charge >= 0.3 is 0 Å². The van der Waals surface area contributed by atoms with Gasteiger partial charge in [0.25, 0.3) is 11.1 Å². The van der Waals surface area contributed by atoms with Gasteiger partial charge in [0, 0.05) is 6.54 Å². The maximum Gasteiger partial charge on any atom is 0.270 e. The molecule has 72 valence electrons. The predicted octanol–water partition coefficient (Wildman–Crippen LogP) is -0.325. The minimum absolute atomic E-state index is 0.240. The van der Waals surface area contributed by atoms with Gasteiger partial charge < -0.3 is 5.73 Å². The van der Waals surface area contributed by atoms with Crippen molar-refractivity contribution < 1.29 is 0 Å². The Balaban J connectivity index is 3.07. The first kappa shape index (κ1) is 8.71. The Hall–Kier alpha value is -1.88. The second-order valence-corrected chi connectivity index (χ2v) is 2.95. The van der Waals surface area contributed by atoms with E-state index in [0.29, 0.717) is 16.3 Å². The first-order chi connectivity index (χ1) is 6.74. The zero-order chi connectivity index (χ0) is 10.1. The Morgan fingerprint density at radius 3 is 2.57 bits per heavy atom. The number of rotatable bonds is 1. The molecule has 5 nitrogen and oxygen atoms in total. The van der Waals surface area contributed by atoms with Gasteiger partial charge in [0.15, 0.2) is 0 Å². The third-order valence-corrected chi connectivity index (χ3v) is 2.13. The van der Waals surface area contributed by atoms with Crippen LogP contribution in [0.4, 0.5) is 0 Å². The third-order valence-electron chi connectivity index (χ3n) is 2.13. The maximum atomic E-state index is 11.4. The summed E-state index contributed by atoms with van der Waals surface area (Å²) in [6.45, 7) is 0.240. The third kappa shape index (κ3) is 1.14. The summed E-state index contributed by atoms with van der Waals surface area (Å²) in [6, 6.07) is 5.04. The molecular weight excluding hydrogens is 182 g/mol. The Bertz CT molecular complexity index is 582. The van der Waals surface area contributed by atoms with Crippen LogP contribution < -0.4 is 16.9 Å². The molecular formula is C9H9N3O2. The molecule has 2 aromatic rings. The van der Waals surface area contributed by atoms with Gasteiger partial charge in [0.2, 0.25) is 0 Å². The van der Waals surface area contributed by atoms with E-state index in [1.54, 1.807) is 18.2 Å². The average Bonchev–Trinajstić information content (AvgIpc) is 2.23. The number of H-pyrrole nitrogens is 2. The lowest BCUT2D eigenvalue weighted by Crippen LogP contribution is -2.20. The lowest BCUT2D eigenvalue weighted by Gasteiger charge is -2.00. The molecule has 0 bridgehead atoms. The van der Waals surface area contributed by atoms with Crippen molar-refractivity contribution in [1.82, 2.24) is 10.2 Å². The van der Waals surface area contributed by atoms with Crippen LogP contribution in [0.1, 0.15) is 5.56 Å². The van der Waals surface area contributed by atoms with Gasteiger partial charge in [-0.05, 0) is 11.6 Å². The molecule has 1 aromatic carbocycles. The van der Waals surface area contributed by atoms with Crippen molar-refractivity contribution in [3.05, 3.63) is 44.5 Å². The monoisotopic (exact) mass is 191 g/mol. The van der Waals surface area contributed by atoms with Crippen LogP contribution in [0.25, 0.3) is 10.8 Å². The van der Waals surface area contributed by atoms with Crippen molar-refractivity contribution in [3.8, 4) is 0 Å². The summed E-state index contributed by atoms with van der Waals surface area (Å²) in [5, 5.41) is 5.27. The molecule has 0 aliphatic carbocycles. The molecule has 0 saturated heterocycles. The number of fused-ring (bicyclic) bond motifs is 1. The van der Waals surface area contributed by atoms with Crippen molar-refractivity contribution in [1.29, 1.82) is 0 Å². The molecule has 0 saturated carbocycles. The SMILES string of the molecule is NCc1cccc2c(=O)[nH][nH]c(=O)c12. The molecule has 0 amide bonds. The number of aromatic nitrogens is 2. The lowest BCUT2D eigenvalue weighted by molar-refractivity contribution is 0.969. The zero-order valence-electron chi connectivity index (χ0n) is 7.33. The number of benzene rings is 1. The fourth-order valence-corrected chi connectivity index (χ4v) is 1.47. The molecule has 0 radical (unpaired) electrons. The standard InChI is InChI=1S/C9H9N3O2/c10-4-5-2-1-3-6-7(5)9(14)12-11-8(6)13/h1-3H,4,10H2,(H,11,13)(H,12,14). The molecule has 0 unspecified atom stereocenters. The second-order valence-electron chi connectivity index (χ2n) is 2.95. The van der Waals surface area contributed by atoms with E-state index in [1.165, 1.54) is 0 Å². The normalized spacial score (nSPS) is 10.6. The highest BCUT2D eigenvalue weighted by molar-refractivity contribution is 5.83. The van der Waals surface area contributed by atoms with Gasteiger partial charge in [-0.25, -0.2) is 0 Å². The van der Waals surface area contributed by atoms with E-state index in [9.17, 15) is 9.59 Å². The van der Waals surface area contributed by atoms with Crippen molar-refractivity contribution in [3.63, 3.8) is 0 Å². The minimum Gasteiger partial charge on any atom is -0.326 e. The van der Waals surface area contributed by atoms with E-state index in [1.807, 2.05) is 0 Å². The number of nitrogens with one attached hydrogen (secondary N) is 2. The molecule has 1 aromatic heterocycles. The highest BCUT2D eigenvalue weighted by atomic mass is 16.1. The molecule has 4 N–H and O–H groups in total. The molecule has 5 heteroatoms. The fraction of sp³-hybridized carbons (Fsp3) is 0.111. The van der Waals surface area contributed by atoms with Crippen LogP contribution in [0, 0.1) is 0 Å². The van der Waals surface area contributed by atoms with Crippen LogP contribution in [-0.4, -0.2) is 10.2 Å². The van der Waals surface area contributed by atoms with E-state index in [2.05, 4.69) is 10.2 Å². The highest BCUT2D eigenvalue weighted by Gasteiger charge is 2.05. The fourth-order valence-electron chi connectivity index (χ4n) is 1.47. The molecule has 0 spiro atoms. The Labute approximate surface area is 78.5 Å². The summed E-state index contributed by atoms with van der Waals surface area (Å²) in [5.74, 6) is 0. The van der Waals surface area contributed by atoms with Gasteiger partial charge in [0.05, 0.1) is 10.8 Å². The summed E-state index contributed by atoms with van der Waals surface area (Å²) in [5.41, 5.74) is 5.52. The van der Waals surface area contributed by atoms with Gasteiger partial charge in [-0.2, -0.15) is 0 Å². The predicted molar refractivity (Wildman–Crippen MR) is 53.1 cm³/mol. The first-order valence-corrected chi connectivity index (χ1v) is 4.16. The summed E-state index contributed by atoms with van der Waals surface area (Å²) in [4.78, 5) is 22.8. The van der Waals surface area contributed by atoms with E-state index in [0.717, 1.165) is 0 Å². The van der Waals surface area contributed by atoms with Crippen LogP contribution >= 0.6 is 0 Å². The molecule has 0 atom stereocenters. The topological polar surface area (TPSA) is 91.7 Å². The van der Waals surface area contributed by atoms with Gasteiger partial charge in [-0.15, -0.1) is 0 Å². The number of nitrogens with two attached hydrogens (primary N) is 1. The summed E-state index contributed by atoms with van der Waals surface area (Å²) < 4.78 is 0. The van der Waals surface area contributed by atoms with Crippen molar-refractivity contribution in [2.75, 3.05) is 0 Å². The van der Waals surface area contributed by atoms with Crippen LogP contribution in [0.15, 0.2) is 27.8 Å². The first-order valence-electron chi connectivity index (χ1n) is 4.16. The Kier molecular flexibility index (Phi) is 1.94. The Morgan fingerprint density at radius 1 is 1.14 bits per heavy atom.